The quantitative estimate of drug-likeness (QED) is 0.496. The minimum absolute atomic E-state index is 0.145. The average molecular weight is 434 g/mol. The molecule has 0 aliphatic rings. The summed E-state index contributed by atoms with van der Waals surface area (Å²) in [7, 11) is 0. The topological polar surface area (TPSA) is 92.7 Å². The number of benzene rings is 2. The fraction of sp³-hybridized carbons (Fsp3) is 0.130. The van der Waals surface area contributed by atoms with E-state index < -0.39 is 0 Å². The number of halogens is 1. The Labute approximate surface area is 183 Å². The molecular weight excluding hydrogens is 414 g/mol. The molecule has 0 unspecified atom stereocenters. The van der Waals surface area contributed by atoms with Gasteiger partial charge in [0.05, 0.1) is 23.5 Å². The molecule has 0 spiro atoms. The second kappa shape index (κ2) is 8.57. The van der Waals surface area contributed by atoms with Gasteiger partial charge in [-0.1, -0.05) is 23.7 Å². The predicted molar refractivity (Wildman–Crippen MR) is 121 cm³/mol. The van der Waals surface area contributed by atoms with Gasteiger partial charge < -0.3 is 5.32 Å². The Morgan fingerprint density at radius 2 is 1.87 bits per heavy atom. The number of hydrogen-bond donors (Lipinski definition) is 2. The molecule has 0 bridgehead atoms. The van der Waals surface area contributed by atoms with Crippen LogP contribution < -0.4 is 10.9 Å². The highest BCUT2D eigenvalue weighted by atomic mass is 35.5. The Hall–Kier alpha value is -3.71. The van der Waals surface area contributed by atoms with Gasteiger partial charge in [0.2, 0.25) is 5.91 Å². The zero-order valence-electron chi connectivity index (χ0n) is 17.0. The summed E-state index contributed by atoms with van der Waals surface area (Å²) >= 11 is 5.98. The van der Waals surface area contributed by atoms with E-state index in [9.17, 15) is 9.59 Å². The number of aromatic nitrogens is 4. The van der Waals surface area contributed by atoms with E-state index in [-0.39, 0.29) is 17.9 Å². The lowest BCUT2D eigenvalue weighted by Crippen LogP contribution is -2.15. The minimum Gasteiger partial charge on any atom is -0.326 e. The van der Waals surface area contributed by atoms with E-state index in [1.807, 2.05) is 67.1 Å². The van der Waals surface area contributed by atoms with Gasteiger partial charge >= 0.3 is 0 Å². The van der Waals surface area contributed by atoms with Crippen molar-refractivity contribution in [2.45, 2.75) is 20.3 Å². The van der Waals surface area contributed by atoms with Gasteiger partial charge in [-0.25, -0.2) is 9.78 Å². The molecule has 4 rings (SSSR count). The summed E-state index contributed by atoms with van der Waals surface area (Å²) in [6.07, 6.45) is 0.201. The Balaban J connectivity index is 1.52. The van der Waals surface area contributed by atoms with Crippen molar-refractivity contribution in [2.75, 3.05) is 5.32 Å². The van der Waals surface area contributed by atoms with Gasteiger partial charge in [-0.3, -0.25) is 9.59 Å². The molecule has 0 atom stereocenters. The van der Waals surface area contributed by atoms with E-state index in [1.54, 1.807) is 6.07 Å². The van der Waals surface area contributed by atoms with Crippen LogP contribution in [0.25, 0.3) is 16.9 Å². The van der Waals surface area contributed by atoms with Gasteiger partial charge in [0.25, 0.3) is 5.56 Å². The Morgan fingerprint density at radius 3 is 2.58 bits per heavy atom. The first kappa shape index (κ1) is 20.6. The van der Waals surface area contributed by atoms with Gasteiger partial charge in [-0.2, -0.15) is 10.2 Å². The van der Waals surface area contributed by atoms with Crippen LogP contribution in [0.15, 0.2) is 65.5 Å². The highest BCUT2D eigenvalue weighted by Crippen LogP contribution is 2.22. The van der Waals surface area contributed by atoms with E-state index in [4.69, 9.17) is 11.6 Å². The molecule has 2 aromatic heterocycles. The molecule has 0 saturated heterocycles. The third-order valence-corrected chi connectivity index (χ3v) is 5.22. The fourth-order valence-corrected chi connectivity index (χ4v) is 3.52. The average Bonchev–Trinajstić information content (AvgIpc) is 3.03. The monoisotopic (exact) mass is 433 g/mol. The zero-order chi connectivity index (χ0) is 22.0. The normalized spacial score (nSPS) is 10.8. The number of hydrogen-bond acceptors (Lipinski definition) is 4. The highest BCUT2D eigenvalue weighted by molar-refractivity contribution is 6.30. The molecule has 1 amide bonds. The van der Waals surface area contributed by atoms with E-state index >= 15 is 0 Å². The second-order valence-corrected chi connectivity index (χ2v) is 7.59. The molecule has 0 radical (unpaired) electrons. The summed E-state index contributed by atoms with van der Waals surface area (Å²) in [5.41, 5.74) is 5.26. The third kappa shape index (κ3) is 4.57. The van der Waals surface area contributed by atoms with Crippen LogP contribution in [0.5, 0.6) is 0 Å². The SMILES string of the molecule is Cc1nn(-c2ccc(Cl)cc2)c(C)c1CC(=O)Nc1cccc(-c2ccc(=O)[nH]n2)c1. The zero-order valence-corrected chi connectivity index (χ0v) is 17.8. The number of H-pyrrole nitrogens is 1. The van der Waals surface area contributed by atoms with Crippen LogP contribution in [0.1, 0.15) is 17.0 Å². The molecule has 4 aromatic rings. The number of aryl methyl sites for hydroxylation is 1. The smallest absolute Gasteiger partial charge is 0.264 e. The van der Waals surface area contributed by atoms with Crippen LogP contribution in [0.2, 0.25) is 5.02 Å². The number of rotatable bonds is 5. The molecule has 8 heteroatoms. The largest absolute Gasteiger partial charge is 0.326 e. The molecule has 2 aromatic carbocycles. The summed E-state index contributed by atoms with van der Waals surface area (Å²) in [5, 5.41) is 14.6. The molecule has 0 saturated carbocycles. The summed E-state index contributed by atoms with van der Waals surface area (Å²) in [5.74, 6) is -0.145. The predicted octanol–water partition coefficient (Wildman–Crippen LogP) is 4.07. The molecule has 2 N–H and O–H groups in total. The summed E-state index contributed by atoms with van der Waals surface area (Å²) in [6, 6.07) is 17.8. The number of aromatic amines is 1. The van der Waals surface area contributed by atoms with Crippen molar-refractivity contribution < 1.29 is 4.79 Å². The molecule has 2 heterocycles. The summed E-state index contributed by atoms with van der Waals surface area (Å²) in [6.45, 7) is 3.84. The lowest BCUT2D eigenvalue weighted by molar-refractivity contribution is -0.115. The maximum Gasteiger partial charge on any atom is 0.264 e. The number of carbonyl (C=O) groups excluding carboxylic acids is 1. The molecule has 31 heavy (non-hydrogen) atoms. The first-order valence-corrected chi connectivity index (χ1v) is 10.1. The van der Waals surface area contributed by atoms with E-state index in [1.165, 1.54) is 6.07 Å². The van der Waals surface area contributed by atoms with Gasteiger partial charge in [-0.05, 0) is 56.3 Å². The van der Waals surface area contributed by atoms with Gasteiger partial charge in [0.15, 0.2) is 0 Å². The van der Waals surface area contributed by atoms with Crippen molar-refractivity contribution in [1.82, 2.24) is 20.0 Å². The van der Waals surface area contributed by atoms with Crippen molar-refractivity contribution in [1.29, 1.82) is 0 Å². The van der Waals surface area contributed by atoms with E-state index in [0.29, 0.717) is 16.4 Å². The van der Waals surface area contributed by atoms with Crippen LogP contribution in [0.4, 0.5) is 5.69 Å². The van der Waals surface area contributed by atoms with Crippen molar-refractivity contribution in [2.24, 2.45) is 0 Å². The maximum atomic E-state index is 12.7. The summed E-state index contributed by atoms with van der Waals surface area (Å²) in [4.78, 5) is 24.0. The summed E-state index contributed by atoms with van der Waals surface area (Å²) < 4.78 is 1.82. The Bertz CT molecular complexity index is 1290. The Kier molecular flexibility index (Phi) is 5.68. The number of carbonyl (C=O) groups is 1. The van der Waals surface area contributed by atoms with Crippen LogP contribution in [-0.4, -0.2) is 25.9 Å². The van der Waals surface area contributed by atoms with Crippen molar-refractivity contribution in [3.63, 3.8) is 0 Å². The van der Waals surface area contributed by atoms with Crippen LogP contribution in [-0.2, 0) is 11.2 Å². The van der Waals surface area contributed by atoms with Gasteiger partial charge in [-0.15, -0.1) is 0 Å². The van der Waals surface area contributed by atoms with Gasteiger partial charge in [0, 0.05) is 33.6 Å². The van der Waals surface area contributed by atoms with Crippen LogP contribution >= 0.6 is 11.6 Å². The number of anilines is 1. The molecular formula is C23H20ClN5O2. The lowest BCUT2D eigenvalue weighted by Gasteiger charge is -2.08. The number of amides is 1. The Morgan fingerprint density at radius 1 is 1.10 bits per heavy atom. The van der Waals surface area contributed by atoms with Crippen LogP contribution in [0, 0.1) is 13.8 Å². The van der Waals surface area contributed by atoms with Gasteiger partial charge in [0.1, 0.15) is 0 Å². The fourth-order valence-electron chi connectivity index (χ4n) is 3.39. The maximum absolute atomic E-state index is 12.7. The molecule has 0 aliphatic carbocycles. The first-order valence-electron chi connectivity index (χ1n) is 9.68. The van der Waals surface area contributed by atoms with E-state index in [2.05, 4.69) is 20.6 Å². The van der Waals surface area contributed by atoms with Crippen LogP contribution in [0.3, 0.4) is 0 Å². The van der Waals surface area contributed by atoms with Crippen molar-refractivity contribution >= 4 is 23.2 Å². The van der Waals surface area contributed by atoms with Crippen molar-refractivity contribution in [3.8, 4) is 16.9 Å². The molecule has 0 aliphatic heterocycles. The minimum atomic E-state index is -0.266. The number of nitrogens with zero attached hydrogens (tertiary/aromatic N) is 3. The van der Waals surface area contributed by atoms with E-state index in [0.717, 1.165) is 28.2 Å². The first-order chi connectivity index (χ1) is 14.9. The third-order valence-electron chi connectivity index (χ3n) is 4.97. The van der Waals surface area contributed by atoms with Crippen molar-refractivity contribution in [3.05, 3.63) is 93.0 Å². The lowest BCUT2D eigenvalue weighted by atomic mass is 10.1. The molecule has 0 fully saturated rings. The second-order valence-electron chi connectivity index (χ2n) is 7.15. The highest BCUT2D eigenvalue weighted by Gasteiger charge is 2.16. The number of nitrogens with one attached hydrogen (secondary N) is 2. The standard InChI is InChI=1S/C23H20ClN5O2/c1-14-20(15(2)29(28-14)19-8-6-17(24)7-9-19)13-23(31)25-18-5-3-4-16(12-18)21-10-11-22(30)27-26-21/h3-12H,13H2,1-2H3,(H,25,31)(H,27,30). The molecule has 7 nitrogen and oxygen atoms in total. The molecule has 156 valence electrons.